The molecule has 1 rings (SSSR count). The Balaban J connectivity index is 2.83. The fraction of sp³-hybridized carbons (Fsp3) is 1.00. The molecule has 0 spiro atoms. The summed E-state index contributed by atoms with van der Waals surface area (Å²) in [6.07, 6.45) is 8.61. The molecule has 0 radical (unpaired) electrons. The normalized spacial score (nSPS) is 30.0. The Kier molecular flexibility index (Phi) is 5.32. The minimum Gasteiger partial charge on any atom is -0.0651 e. The third-order valence-electron chi connectivity index (χ3n) is 6.07. The van der Waals surface area contributed by atoms with Crippen LogP contribution in [0.25, 0.3) is 0 Å². The van der Waals surface area contributed by atoms with Crippen molar-refractivity contribution in [1.29, 1.82) is 0 Å². The van der Waals surface area contributed by atoms with Crippen LogP contribution >= 0.6 is 0 Å². The highest BCUT2D eigenvalue weighted by Crippen LogP contribution is 2.47. The minimum absolute atomic E-state index is 0.493. The number of rotatable bonds is 3. The summed E-state index contributed by atoms with van der Waals surface area (Å²) in [5.41, 5.74) is 1.04. The minimum atomic E-state index is 0.493. The first-order valence-electron chi connectivity index (χ1n) is 8.19. The second-order valence-corrected chi connectivity index (χ2v) is 8.43. The number of hydrogen-bond acceptors (Lipinski definition) is 0. The van der Waals surface area contributed by atoms with Crippen molar-refractivity contribution in [2.45, 2.75) is 87.0 Å². The Morgan fingerprint density at radius 3 is 2.22 bits per heavy atom. The molecular formula is C18H36. The lowest BCUT2D eigenvalue weighted by Gasteiger charge is -2.44. The van der Waals surface area contributed by atoms with E-state index in [2.05, 4.69) is 48.5 Å². The van der Waals surface area contributed by atoms with Gasteiger partial charge < -0.3 is 0 Å². The molecule has 1 saturated carbocycles. The van der Waals surface area contributed by atoms with Gasteiger partial charge in [-0.05, 0) is 54.3 Å². The van der Waals surface area contributed by atoms with Crippen molar-refractivity contribution in [3.8, 4) is 0 Å². The molecule has 108 valence electrons. The van der Waals surface area contributed by atoms with E-state index < -0.39 is 0 Å². The van der Waals surface area contributed by atoms with E-state index in [1.54, 1.807) is 0 Å². The van der Waals surface area contributed by atoms with Crippen molar-refractivity contribution in [1.82, 2.24) is 0 Å². The van der Waals surface area contributed by atoms with Crippen LogP contribution in [-0.4, -0.2) is 0 Å². The van der Waals surface area contributed by atoms with Crippen LogP contribution in [0.5, 0.6) is 0 Å². The molecule has 0 heterocycles. The monoisotopic (exact) mass is 252 g/mol. The summed E-state index contributed by atoms with van der Waals surface area (Å²) in [6, 6.07) is 0. The fourth-order valence-corrected chi connectivity index (χ4v) is 3.56. The van der Waals surface area contributed by atoms with Crippen molar-refractivity contribution in [2.24, 2.45) is 28.6 Å². The zero-order valence-corrected chi connectivity index (χ0v) is 14.0. The SMILES string of the molecule is CCC1CCC(C(C)(C)C(C)C)CC(C)(C)CC1. The van der Waals surface area contributed by atoms with E-state index in [0.717, 1.165) is 17.8 Å². The highest BCUT2D eigenvalue weighted by molar-refractivity contribution is 4.87. The van der Waals surface area contributed by atoms with Crippen LogP contribution in [0.2, 0.25) is 0 Å². The van der Waals surface area contributed by atoms with Gasteiger partial charge in [-0.25, -0.2) is 0 Å². The highest BCUT2D eigenvalue weighted by Gasteiger charge is 2.37. The molecule has 2 unspecified atom stereocenters. The van der Waals surface area contributed by atoms with Crippen LogP contribution in [0.15, 0.2) is 0 Å². The molecule has 1 aliphatic rings. The summed E-state index contributed by atoms with van der Waals surface area (Å²) in [5, 5.41) is 0. The van der Waals surface area contributed by atoms with Gasteiger partial charge in [0.25, 0.3) is 0 Å². The maximum atomic E-state index is 2.50. The Bertz CT molecular complexity index is 247. The second-order valence-electron chi connectivity index (χ2n) is 8.43. The summed E-state index contributed by atoms with van der Waals surface area (Å²) in [4.78, 5) is 0. The molecule has 1 aliphatic carbocycles. The van der Waals surface area contributed by atoms with Crippen LogP contribution in [0.3, 0.4) is 0 Å². The molecule has 0 amide bonds. The molecular weight excluding hydrogens is 216 g/mol. The van der Waals surface area contributed by atoms with Gasteiger partial charge in [-0.2, -0.15) is 0 Å². The summed E-state index contributed by atoms with van der Waals surface area (Å²) >= 11 is 0. The molecule has 0 aromatic heterocycles. The molecule has 0 heteroatoms. The summed E-state index contributed by atoms with van der Waals surface area (Å²) in [7, 11) is 0. The van der Waals surface area contributed by atoms with E-state index in [-0.39, 0.29) is 0 Å². The van der Waals surface area contributed by atoms with Crippen molar-refractivity contribution >= 4 is 0 Å². The van der Waals surface area contributed by atoms with Crippen LogP contribution in [0.1, 0.15) is 87.0 Å². The first-order valence-corrected chi connectivity index (χ1v) is 8.19. The van der Waals surface area contributed by atoms with E-state index >= 15 is 0 Å². The standard InChI is InChI=1S/C18H36/c1-8-15-9-10-16(18(6,7)14(2)3)13-17(4,5)12-11-15/h14-16H,8-13H2,1-7H3. The van der Waals surface area contributed by atoms with Crippen LogP contribution < -0.4 is 0 Å². The molecule has 2 atom stereocenters. The third-order valence-corrected chi connectivity index (χ3v) is 6.07. The number of hydrogen-bond donors (Lipinski definition) is 0. The zero-order valence-electron chi connectivity index (χ0n) is 14.0. The predicted molar refractivity (Wildman–Crippen MR) is 82.8 cm³/mol. The first-order chi connectivity index (χ1) is 8.19. The maximum Gasteiger partial charge on any atom is -0.0303 e. The van der Waals surface area contributed by atoms with Crippen LogP contribution in [0, 0.1) is 28.6 Å². The molecule has 18 heavy (non-hydrogen) atoms. The van der Waals surface area contributed by atoms with Gasteiger partial charge in [0.05, 0.1) is 0 Å². The fourth-order valence-electron chi connectivity index (χ4n) is 3.56. The van der Waals surface area contributed by atoms with Gasteiger partial charge in [0.15, 0.2) is 0 Å². The molecule has 0 N–H and O–H groups in total. The summed E-state index contributed by atoms with van der Waals surface area (Å²) in [6.45, 7) is 17.2. The van der Waals surface area contributed by atoms with E-state index in [1.165, 1.54) is 38.5 Å². The van der Waals surface area contributed by atoms with Gasteiger partial charge in [-0.3, -0.25) is 0 Å². The average molecular weight is 252 g/mol. The Labute approximate surface area is 116 Å². The van der Waals surface area contributed by atoms with Gasteiger partial charge in [-0.15, -0.1) is 0 Å². The van der Waals surface area contributed by atoms with Gasteiger partial charge in [-0.1, -0.05) is 61.3 Å². The van der Waals surface area contributed by atoms with Gasteiger partial charge in [0, 0.05) is 0 Å². The third kappa shape index (κ3) is 4.00. The maximum absolute atomic E-state index is 2.50. The summed E-state index contributed by atoms with van der Waals surface area (Å²) in [5.74, 6) is 2.68. The largest absolute Gasteiger partial charge is 0.0651 e. The highest BCUT2D eigenvalue weighted by atomic mass is 14.4. The quantitative estimate of drug-likeness (QED) is 0.553. The zero-order chi connectivity index (χ0) is 14.0. The average Bonchev–Trinajstić information content (AvgIpc) is 2.24. The van der Waals surface area contributed by atoms with Crippen LogP contribution in [0.4, 0.5) is 0 Å². The Morgan fingerprint density at radius 2 is 1.72 bits per heavy atom. The molecule has 0 saturated heterocycles. The second kappa shape index (κ2) is 5.97. The van der Waals surface area contributed by atoms with Crippen molar-refractivity contribution in [3.63, 3.8) is 0 Å². The predicted octanol–water partition coefficient (Wildman–Crippen LogP) is 6.30. The van der Waals surface area contributed by atoms with E-state index in [4.69, 9.17) is 0 Å². The van der Waals surface area contributed by atoms with Crippen molar-refractivity contribution in [2.75, 3.05) is 0 Å². The van der Waals surface area contributed by atoms with E-state index in [1.807, 2.05) is 0 Å². The Morgan fingerprint density at radius 1 is 1.11 bits per heavy atom. The van der Waals surface area contributed by atoms with E-state index in [0.29, 0.717) is 10.8 Å². The van der Waals surface area contributed by atoms with Gasteiger partial charge in [0.1, 0.15) is 0 Å². The van der Waals surface area contributed by atoms with E-state index in [9.17, 15) is 0 Å². The van der Waals surface area contributed by atoms with Crippen LogP contribution in [-0.2, 0) is 0 Å². The topological polar surface area (TPSA) is 0 Å². The first kappa shape index (κ1) is 16.1. The molecule has 0 aromatic rings. The Hall–Kier alpha value is 0. The van der Waals surface area contributed by atoms with Crippen molar-refractivity contribution < 1.29 is 0 Å². The van der Waals surface area contributed by atoms with Gasteiger partial charge in [0.2, 0.25) is 0 Å². The lowest BCUT2D eigenvalue weighted by molar-refractivity contribution is 0.0595. The molecule has 1 fully saturated rings. The lowest BCUT2D eigenvalue weighted by atomic mass is 9.61. The van der Waals surface area contributed by atoms with Crippen molar-refractivity contribution in [3.05, 3.63) is 0 Å². The molecule has 0 aliphatic heterocycles. The molecule has 0 aromatic carbocycles. The summed E-state index contributed by atoms with van der Waals surface area (Å²) < 4.78 is 0. The smallest absolute Gasteiger partial charge is 0.0303 e. The van der Waals surface area contributed by atoms with Gasteiger partial charge >= 0.3 is 0 Å². The molecule has 0 nitrogen and oxygen atoms in total. The molecule has 0 bridgehead atoms. The lowest BCUT2D eigenvalue weighted by Crippen LogP contribution is -2.35.